The molecule has 33 heavy (non-hydrogen) atoms. The van der Waals surface area contributed by atoms with E-state index in [1.165, 1.54) is 31.6 Å². The molecule has 0 bridgehead atoms. The first-order valence-corrected chi connectivity index (χ1v) is 11.3. The van der Waals surface area contributed by atoms with Gasteiger partial charge in [0.05, 0.1) is 18.9 Å². The number of carboxylic acid groups (broad SMARTS) is 1. The lowest BCUT2D eigenvalue weighted by atomic mass is 9.98. The Morgan fingerprint density at radius 1 is 1.36 bits per heavy atom. The number of nitrogens with one attached hydrogen (secondary N) is 1. The van der Waals surface area contributed by atoms with Crippen molar-refractivity contribution in [3.05, 3.63) is 23.5 Å². The van der Waals surface area contributed by atoms with E-state index in [1.807, 2.05) is 0 Å². The highest BCUT2D eigenvalue weighted by atomic mass is 32.2. The van der Waals surface area contributed by atoms with Gasteiger partial charge in [-0.15, -0.1) is 11.3 Å². The zero-order chi connectivity index (χ0) is 24.6. The summed E-state index contributed by atoms with van der Waals surface area (Å²) in [4.78, 5) is 46.5. The third-order valence-electron chi connectivity index (χ3n) is 4.38. The molecule has 2 unspecified atom stereocenters. The van der Waals surface area contributed by atoms with Crippen molar-refractivity contribution in [2.45, 2.75) is 38.1 Å². The molecule has 2 atom stereocenters. The minimum absolute atomic E-state index is 0.0695. The molecular formula is C15H18N8O8S2. The SMILES string of the molecule is CC(C)(O/N=C(\C(=O)NC1C(=O)N(S(=O)(=O)O)C1Cn1nccn1)c1csc(N)n1)C(=O)O. The number of nitrogens with two attached hydrogens (primary N) is 1. The largest absolute Gasteiger partial charge is 0.478 e. The molecule has 1 saturated heterocycles. The summed E-state index contributed by atoms with van der Waals surface area (Å²) in [7, 11) is -4.93. The average Bonchev–Trinajstić information content (AvgIpc) is 3.36. The molecule has 5 N–H and O–H groups in total. The quantitative estimate of drug-likeness (QED) is 0.127. The van der Waals surface area contributed by atoms with Crippen molar-refractivity contribution >= 4 is 50.3 Å². The van der Waals surface area contributed by atoms with E-state index in [1.54, 1.807) is 0 Å². The third kappa shape index (κ3) is 5.07. The number of hydrogen-bond donors (Lipinski definition) is 4. The number of nitrogen functional groups attached to an aromatic ring is 1. The molecule has 16 nitrogen and oxygen atoms in total. The van der Waals surface area contributed by atoms with Crippen molar-refractivity contribution < 1.29 is 37.3 Å². The number of β-lactam (4-membered cyclic amide) rings is 1. The molecule has 0 radical (unpaired) electrons. The Hall–Kier alpha value is -3.64. The molecule has 1 aliphatic rings. The maximum absolute atomic E-state index is 12.9. The minimum Gasteiger partial charge on any atom is -0.478 e. The van der Waals surface area contributed by atoms with Crippen molar-refractivity contribution in [1.29, 1.82) is 0 Å². The molecule has 0 aromatic carbocycles. The molecular weight excluding hydrogens is 484 g/mol. The van der Waals surface area contributed by atoms with Crippen LogP contribution in [0.1, 0.15) is 19.5 Å². The lowest BCUT2D eigenvalue weighted by molar-refractivity contribution is -0.161. The molecule has 2 amide bonds. The zero-order valence-electron chi connectivity index (χ0n) is 17.0. The molecule has 2 aromatic rings. The monoisotopic (exact) mass is 502 g/mol. The molecule has 178 valence electrons. The summed E-state index contributed by atoms with van der Waals surface area (Å²) >= 11 is 0.963. The van der Waals surface area contributed by atoms with E-state index in [0.29, 0.717) is 0 Å². The first-order chi connectivity index (χ1) is 15.3. The molecule has 1 fully saturated rings. The number of carbonyl (C=O) groups is 3. The van der Waals surface area contributed by atoms with Gasteiger partial charge in [0.1, 0.15) is 17.8 Å². The number of carbonyl (C=O) groups excluding carboxylic acids is 2. The summed E-state index contributed by atoms with van der Waals surface area (Å²) in [6.07, 6.45) is 2.62. The van der Waals surface area contributed by atoms with Crippen LogP contribution in [0.15, 0.2) is 22.9 Å². The topological polar surface area (TPSA) is 232 Å². The van der Waals surface area contributed by atoms with Gasteiger partial charge in [0, 0.05) is 5.38 Å². The second kappa shape index (κ2) is 8.71. The predicted octanol–water partition coefficient (Wildman–Crippen LogP) is -1.90. The Kier molecular flexibility index (Phi) is 6.34. The number of rotatable bonds is 9. The van der Waals surface area contributed by atoms with E-state index in [0.717, 1.165) is 16.1 Å². The van der Waals surface area contributed by atoms with Crippen LogP contribution in [-0.2, 0) is 36.1 Å². The minimum atomic E-state index is -4.93. The number of oxime groups is 1. The normalized spacial score (nSPS) is 19.2. The molecule has 0 aliphatic carbocycles. The molecule has 18 heteroatoms. The van der Waals surface area contributed by atoms with Crippen LogP contribution in [0.3, 0.4) is 0 Å². The van der Waals surface area contributed by atoms with Crippen LogP contribution in [-0.4, -0.2) is 83.5 Å². The maximum Gasteiger partial charge on any atom is 0.362 e. The molecule has 0 saturated carbocycles. The van der Waals surface area contributed by atoms with Crippen molar-refractivity contribution in [2.24, 2.45) is 5.16 Å². The average molecular weight is 502 g/mol. The van der Waals surface area contributed by atoms with E-state index >= 15 is 0 Å². The zero-order valence-corrected chi connectivity index (χ0v) is 18.6. The van der Waals surface area contributed by atoms with Gasteiger partial charge >= 0.3 is 16.3 Å². The Bertz CT molecular complexity index is 1210. The summed E-state index contributed by atoms with van der Waals surface area (Å²) in [6, 6.07) is -2.68. The lowest BCUT2D eigenvalue weighted by Gasteiger charge is -2.43. The molecule has 3 rings (SSSR count). The van der Waals surface area contributed by atoms with E-state index in [4.69, 9.17) is 10.6 Å². The standard InChI is InChI=1S/C15H18N8O8S2/c1-15(2,13(26)27)31-21-9(7-6-32-14(16)19-7)11(24)20-10-8(5-22-17-3-4-18-22)23(12(10)25)33(28,29)30/h3-4,6,8,10H,5H2,1-2H3,(H2,16,19)(H,20,24)(H,26,27)(H,28,29,30)/b21-9-. The van der Waals surface area contributed by atoms with Gasteiger partial charge in [-0.2, -0.15) is 23.4 Å². The second-order valence-corrected chi connectivity index (χ2v) is 9.31. The fraction of sp³-hybridized carbons (Fsp3) is 0.400. The number of amides is 2. The fourth-order valence-electron chi connectivity index (χ4n) is 2.65. The number of aromatic nitrogens is 4. The van der Waals surface area contributed by atoms with E-state index < -0.39 is 51.5 Å². The van der Waals surface area contributed by atoms with Crippen LogP contribution in [0.5, 0.6) is 0 Å². The van der Waals surface area contributed by atoms with E-state index in [9.17, 15) is 32.5 Å². The third-order valence-corrected chi connectivity index (χ3v) is 6.00. The Labute approximate surface area is 189 Å². The number of carboxylic acids is 1. The highest BCUT2D eigenvalue weighted by Crippen LogP contribution is 2.25. The van der Waals surface area contributed by atoms with Crippen molar-refractivity contribution in [2.75, 3.05) is 5.73 Å². The van der Waals surface area contributed by atoms with E-state index in [2.05, 4.69) is 25.7 Å². The Morgan fingerprint density at radius 3 is 2.52 bits per heavy atom. The van der Waals surface area contributed by atoms with Crippen LogP contribution >= 0.6 is 11.3 Å². The van der Waals surface area contributed by atoms with Gasteiger partial charge in [-0.05, 0) is 13.8 Å². The number of anilines is 1. The summed E-state index contributed by atoms with van der Waals surface area (Å²) in [5.74, 6) is -3.52. The Morgan fingerprint density at radius 2 is 2.00 bits per heavy atom. The van der Waals surface area contributed by atoms with Gasteiger partial charge in [0.15, 0.2) is 10.8 Å². The summed E-state index contributed by atoms with van der Waals surface area (Å²) in [5, 5.41) is 24.1. The predicted molar refractivity (Wildman–Crippen MR) is 110 cm³/mol. The van der Waals surface area contributed by atoms with Gasteiger partial charge in [-0.25, -0.2) is 14.1 Å². The van der Waals surface area contributed by atoms with Crippen LogP contribution in [0.2, 0.25) is 0 Å². The van der Waals surface area contributed by atoms with Gasteiger partial charge < -0.3 is 21.0 Å². The molecule has 1 aliphatic heterocycles. The summed E-state index contributed by atoms with van der Waals surface area (Å²) in [5.41, 5.74) is 3.20. The van der Waals surface area contributed by atoms with Crippen LogP contribution < -0.4 is 11.1 Å². The number of hydrogen-bond acceptors (Lipinski definition) is 12. The second-order valence-electron chi connectivity index (χ2n) is 7.13. The van der Waals surface area contributed by atoms with Crippen molar-refractivity contribution in [3.63, 3.8) is 0 Å². The van der Waals surface area contributed by atoms with Crippen LogP contribution in [0.4, 0.5) is 5.13 Å². The maximum atomic E-state index is 12.9. The Balaban J connectivity index is 1.88. The van der Waals surface area contributed by atoms with Crippen LogP contribution in [0.25, 0.3) is 0 Å². The van der Waals surface area contributed by atoms with Crippen molar-refractivity contribution in [1.82, 2.24) is 29.6 Å². The first kappa shape index (κ1) is 24.0. The van der Waals surface area contributed by atoms with Gasteiger partial charge in [-0.3, -0.25) is 14.1 Å². The fourth-order valence-corrected chi connectivity index (χ4v) is 4.07. The smallest absolute Gasteiger partial charge is 0.362 e. The van der Waals surface area contributed by atoms with Gasteiger partial charge in [0.25, 0.3) is 11.8 Å². The summed E-state index contributed by atoms with van der Waals surface area (Å²) < 4.78 is 32.8. The number of thiazole rings is 1. The van der Waals surface area contributed by atoms with Crippen molar-refractivity contribution in [3.8, 4) is 0 Å². The van der Waals surface area contributed by atoms with E-state index in [-0.39, 0.29) is 21.7 Å². The van der Waals surface area contributed by atoms with Gasteiger partial charge in [0.2, 0.25) is 5.60 Å². The molecule has 0 spiro atoms. The first-order valence-electron chi connectivity index (χ1n) is 8.98. The molecule has 3 heterocycles. The lowest BCUT2D eigenvalue weighted by Crippen LogP contribution is -2.73. The van der Waals surface area contributed by atoms with Crippen LogP contribution in [0, 0.1) is 0 Å². The summed E-state index contributed by atoms with van der Waals surface area (Å²) in [6.45, 7) is 2.11. The number of nitrogens with zero attached hydrogens (tertiary/aromatic N) is 6. The molecule has 2 aromatic heterocycles. The number of aliphatic carboxylic acids is 1. The van der Waals surface area contributed by atoms with Gasteiger partial charge in [-0.1, -0.05) is 5.16 Å². The highest BCUT2D eigenvalue weighted by Gasteiger charge is 2.54. The highest BCUT2D eigenvalue weighted by molar-refractivity contribution is 7.84.